The largest absolute Gasteiger partial charge is 0.493 e. The third-order valence-corrected chi connectivity index (χ3v) is 24.3. The van der Waals surface area contributed by atoms with E-state index in [2.05, 4.69) is 76.1 Å². The number of carboxylic acids is 2. The van der Waals surface area contributed by atoms with E-state index in [9.17, 15) is 106 Å². The minimum absolute atomic E-state index is 0.0323. The number of aryl methyl sites for hydroxylation is 2. The summed E-state index contributed by atoms with van der Waals surface area (Å²) in [6.07, 6.45) is -10.3. The number of nitrogen functional groups attached to an aromatic ring is 4. The highest BCUT2D eigenvalue weighted by molar-refractivity contribution is 7.18. The van der Waals surface area contributed by atoms with Crippen LogP contribution in [-0.2, 0) is 46.4 Å². The van der Waals surface area contributed by atoms with Crippen LogP contribution < -0.4 is 91.5 Å². The van der Waals surface area contributed by atoms with E-state index in [1.807, 2.05) is 61.1 Å². The Labute approximate surface area is 846 Å². The lowest BCUT2D eigenvalue weighted by atomic mass is 10.0. The van der Waals surface area contributed by atoms with Gasteiger partial charge in [0.1, 0.15) is 84.3 Å². The van der Waals surface area contributed by atoms with Gasteiger partial charge in [-0.15, -0.1) is 11.3 Å². The maximum atomic E-state index is 14.1. The molecule has 5 aliphatic heterocycles. The van der Waals surface area contributed by atoms with Crippen molar-refractivity contribution in [1.82, 2.24) is 88.7 Å². The number of carbonyl (C=O) groups is 4. The van der Waals surface area contributed by atoms with Gasteiger partial charge >= 0.3 is 47.1 Å². The highest BCUT2D eigenvalue weighted by atomic mass is 32.1. The third-order valence-electron chi connectivity index (χ3n) is 23.1. The first-order chi connectivity index (χ1) is 71.3. The Hall–Kier alpha value is -15.5. The van der Waals surface area contributed by atoms with Crippen molar-refractivity contribution in [2.75, 3.05) is 99.8 Å². The number of hydrogen-bond acceptors (Lipinski definition) is 45. The van der Waals surface area contributed by atoms with E-state index < -0.39 is 187 Å². The molecular formula is C89H109F5N26O29S. The van der Waals surface area contributed by atoms with Gasteiger partial charge in [-0.1, -0.05) is 31.9 Å². The number of carboxylic acid groups (broad SMARTS) is 2. The molecule has 0 saturated carbocycles. The van der Waals surface area contributed by atoms with E-state index in [0.717, 1.165) is 74.2 Å². The lowest BCUT2D eigenvalue weighted by Gasteiger charge is -2.20. The van der Waals surface area contributed by atoms with Crippen LogP contribution in [0, 0.1) is 31.6 Å². The van der Waals surface area contributed by atoms with Crippen LogP contribution in [-0.4, -0.2) is 304 Å². The number of hydrogen-bond donors (Lipinski definition) is 23. The summed E-state index contributed by atoms with van der Waals surface area (Å²) in [5, 5.41) is 126. The molecular weight excluding hydrogens is 2020 g/mol. The average molecular weight is 2130 g/mol. The second-order valence-corrected chi connectivity index (χ2v) is 34.5. The minimum Gasteiger partial charge on any atom is -0.493 e. The standard InChI is InChI=1S/C21H22N4O6S.C19H23N5O3.C15H22FN3O6.C11H16N4O4.C10H12FN5O4.C9H11F2N3O4.C4H3FN2O2/c1-11-22-14-4-3-12(9-13(14)19(28)23-11)10-25(2)17-7-6-16(32-17)20(29)24-15(21(30)31)5-8-18(26)27;1-10-11(5-6-13-16(10)18(20)24-19(21)23-13)9-22-12-7-14(25-2)17(27-4)15(8-12)26-3;1-3-4-5-6-24-15(23)18-12-9(16)7-19(14(22)17-12)13-11(21)10(20)8(2)25-13;16-3-8-6(17)1-9(19-8)15-5-14-10-7(18)2-12-4-13-11(10)15;11-10-14-7(12)4-8(15-10)16(2-13-4)9-6(19)5(18)3(1-17)20-9;10-9(11)6(16)4(3-15)18-7(9)14-2-1-5(12)13-8(14)17;5-2-1-6-4(9)7-3(2)8/h3-4,6-7,9,15H,5,8,10H2,1-2H3,(H,24,29)(H,26,27)(H,30,31)(H,22,23,28);5-8,22H,9H2,1-4H3,(H4,20,21,23,24);7-8,10-11,13,20-21H,3-6H2,1-2H3,(H,17,18,22,23);4-9,16-18H,1-3H2,(H,12,13);2-3,5-6,9,17-19H,1H2,(H2,12,14,15);1-2,4,6-7,15-16H,3H2,(H2,12,13,17);1H,(H2,6,7,8,9)/t15-;;8-,10-,11-,13-;6-,7+,8+,9+;3-,5-,6+,9-;4-,6-,7-;/m0.1011./s1. The number of β-amino-alcohol motifs (C(OH)–C–C–N with tert-alkyl or cyclic N) is 1. The minimum atomic E-state index is -3.71. The van der Waals surface area contributed by atoms with E-state index in [1.165, 1.54) is 41.8 Å². The molecule has 12 aromatic rings. The first-order valence-electron chi connectivity index (χ1n) is 45.3. The molecule has 0 bridgehead atoms. The molecule has 150 heavy (non-hydrogen) atoms. The van der Waals surface area contributed by atoms with Crippen molar-refractivity contribution in [3.63, 3.8) is 0 Å². The van der Waals surface area contributed by atoms with Crippen molar-refractivity contribution in [3.8, 4) is 17.2 Å². The Morgan fingerprint density at radius 2 is 1.39 bits per heavy atom. The summed E-state index contributed by atoms with van der Waals surface area (Å²) in [5.74, 6) is -6.22. The number of carbonyl (C=O) groups excluding carboxylic acids is 2. The van der Waals surface area contributed by atoms with Crippen LogP contribution >= 0.6 is 11.3 Å². The molecule has 14 heterocycles. The number of aliphatic imine (C=N–C) groups is 1. The molecule has 810 valence electrons. The molecule has 2 amide bonds. The number of aromatic amines is 3. The average Bonchev–Trinajstić information content (AvgIpc) is 1.62. The fourth-order valence-electron chi connectivity index (χ4n) is 15.3. The molecule has 0 spiro atoms. The molecule has 27 N–H and O–H groups in total. The van der Waals surface area contributed by atoms with E-state index in [-0.39, 0.29) is 60.4 Å². The molecule has 4 fully saturated rings. The van der Waals surface area contributed by atoms with Crippen molar-refractivity contribution in [1.29, 1.82) is 0 Å². The van der Waals surface area contributed by atoms with Crippen LogP contribution in [0.4, 0.5) is 72.5 Å². The van der Waals surface area contributed by atoms with Gasteiger partial charge in [-0.05, 0) is 86.7 Å². The number of nitrogens with zero attached hydrogens (tertiary/aromatic N) is 15. The molecule has 9 aromatic heterocycles. The summed E-state index contributed by atoms with van der Waals surface area (Å²) in [6.45, 7) is 7.30. The van der Waals surface area contributed by atoms with Crippen molar-refractivity contribution in [3.05, 3.63) is 195 Å². The van der Waals surface area contributed by atoms with Gasteiger partial charge in [0.2, 0.25) is 23.7 Å². The van der Waals surface area contributed by atoms with Gasteiger partial charge in [-0.25, -0.2) is 53.3 Å². The maximum absolute atomic E-state index is 14.1. The number of amides is 2. The lowest BCUT2D eigenvalue weighted by Crippen LogP contribution is -2.41. The first kappa shape index (κ1) is 115. The molecule has 55 nitrogen and oxygen atoms in total. The second kappa shape index (κ2) is 51.4. The number of alkyl halides is 2. The van der Waals surface area contributed by atoms with Crippen LogP contribution in [0.3, 0.4) is 0 Å². The number of halogens is 5. The molecule has 0 unspecified atom stereocenters. The van der Waals surface area contributed by atoms with Crippen LogP contribution in [0.5, 0.6) is 17.2 Å². The Bertz CT molecular complexity index is 7080. The zero-order chi connectivity index (χ0) is 110. The van der Waals surface area contributed by atoms with Crippen LogP contribution in [0.1, 0.15) is 121 Å². The highest BCUT2D eigenvalue weighted by Crippen LogP contribution is 2.44. The van der Waals surface area contributed by atoms with Gasteiger partial charge in [0.15, 0.2) is 64.5 Å². The number of aliphatic carboxylic acids is 2. The smallest absolute Gasteiger partial charge is 0.412 e. The van der Waals surface area contributed by atoms with E-state index in [4.69, 9.17) is 81.3 Å². The monoisotopic (exact) mass is 2130 g/mol. The summed E-state index contributed by atoms with van der Waals surface area (Å²) >= 11 is 1.18. The van der Waals surface area contributed by atoms with Crippen LogP contribution in [0.25, 0.3) is 33.0 Å². The van der Waals surface area contributed by atoms with E-state index >= 15 is 0 Å². The SMILES string of the molecule is CCCCCOC(=O)Nc1nc(=O)n([C@@H]2O[C@H](C)[C@@H](O)[C@H]2O)cc1F.COc1cc(NCc2ccc3nc(N)nc(N)c3c2C)cc(OC)c1OC.Cc1nc2ccc(CN(C)c3ccc(C(=O)N[C@@H](CCC(=O)O)C(=O)O)s3)cc2c(=O)[nH]1.Nc1ccn([C@@H]2O[C@H](CO)[C@@H](O)C2(F)F)c(=O)n1.Nc1nc(F)nc2c1ncn2[C@@H]1O[C@H](CO)[C@@H](O)[C@@H]1O.O=c1[nH]cc(F)c(=O)[nH]1.OC[C@H]1O[C@@H](n2cnc3c2N=CNC[C@H]3O)C[C@@H]1O. The van der Waals surface area contributed by atoms with Gasteiger partial charge in [0.25, 0.3) is 17.0 Å². The van der Waals surface area contributed by atoms with Crippen molar-refractivity contribution in [2.24, 2.45) is 4.99 Å². The molecule has 0 radical (unpaired) electrons. The number of aromatic nitrogens is 16. The summed E-state index contributed by atoms with van der Waals surface area (Å²) in [4.78, 5) is 149. The quantitative estimate of drug-likeness (QED) is 0.0188. The predicted octanol–water partition coefficient (Wildman–Crippen LogP) is 0.371. The topological polar surface area (TPSA) is 821 Å². The number of aliphatic hydroxyl groups excluding tert-OH is 10. The van der Waals surface area contributed by atoms with Crippen LogP contribution in [0.15, 0.2) is 121 Å². The number of rotatable bonds is 27. The molecule has 61 heteroatoms. The first-order valence-corrected chi connectivity index (χ1v) is 46.1. The second-order valence-electron chi connectivity index (χ2n) is 33.5. The van der Waals surface area contributed by atoms with Crippen molar-refractivity contribution >= 4 is 120 Å². The Morgan fingerprint density at radius 1 is 0.707 bits per heavy atom. The predicted molar refractivity (Wildman–Crippen MR) is 521 cm³/mol. The number of fused-ring (bicyclic) bond motifs is 4. The third kappa shape index (κ3) is 27.9. The molecule has 16 atom stereocenters. The number of anilines is 7. The van der Waals surface area contributed by atoms with Crippen molar-refractivity contribution < 1.29 is 140 Å². The molecule has 4 saturated heterocycles. The normalized spacial score (nSPS) is 21.3. The van der Waals surface area contributed by atoms with Gasteiger partial charge in [-0.3, -0.25) is 47.7 Å². The highest BCUT2D eigenvalue weighted by Gasteiger charge is 2.60. The maximum Gasteiger partial charge on any atom is 0.412 e. The van der Waals surface area contributed by atoms with Gasteiger partial charge < -0.3 is 153 Å². The number of benzene rings is 3. The van der Waals surface area contributed by atoms with Crippen LogP contribution in [0.2, 0.25) is 0 Å². The summed E-state index contributed by atoms with van der Waals surface area (Å²) in [7, 11) is 6.58. The molecule has 17 rings (SSSR count). The van der Waals surface area contributed by atoms with E-state index in [0.29, 0.717) is 99.4 Å². The summed E-state index contributed by atoms with van der Waals surface area (Å²) in [5.41, 5.74) is 24.4. The number of imidazole rings is 2. The molecule has 0 aliphatic carbocycles. The van der Waals surface area contributed by atoms with E-state index in [1.54, 1.807) is 62.1 Å². The number of methoxy groups -OCH3 is 3. The number of ether oxygens (including phenoxy) is 8. The number of aliphatic hydroxyl groups is 10. The Kier molecular flexibility index (Phi) is 39.3. The van der Waals surface area contributed by atoms with Gasteiger partial charge in [0.05, 0.1) is 111 Å². The molecule has 5 aliphatic rings. The van der Waals surface area contributed by atoms with Crippen molar-refractivity contribution in [2.45, 2.75) is 183 Å². The zero-order valence-corrected chi connectivity index (χ0v) is 81.6. The fraction of sp³-hybridized carbons (Fsp3) is 0.427. The summed E-state index contributed by atoms with van der Waals surface area (Å²) < 4.78 is 113. The number of unbranched alkanes of at least 4 members (excludes halogenated alkanes) is 2. The fourth-order valence-corrected chi connectivity index (χ4v) is 16.2. The number of nitrogens with one attached hydrogen (secondary N) is 7. The summed E-state index contributed by atoms with van der Waals surface area (Å²) in [6, 6.07) is 16.2. The Morgan fingerprint density at radius 3 is 2.01 bits per heavy atom. The molecule has 3 aromatic carbocycles. The zero-order valence-electron chi connectivity index (χ0n) is 80.8. The van der Waals surface area contributed by atoms with Gasteiger partial charge in [0, 0.05) is 75.1 Å². The Balaban J connectivity index is 0.000000169. The number of thiophene rings is 1. The van der Waals surface area contributed by atoms with Gasteiger partial charge in [-0.2, -0.15) is 42.5 Å². The number of nitrogens with two attached hydrogens (primary N) is 4. The lowest BCUT2D eigenvalue weighted by molar-refractivity contribution is -0.141. The number of H-pyrrole nitrogens is 3.